The number of carboxylic acid groups (broad SMARTS) is 1. The number of allylic oxidation sites excluding steroid dienone is 2. The van der Waals surface area contributed by atoms with Gasteiger partial charge in [0.05, 0.1) is 28.1 Å². The SMILES string of the molecule is CCC1=C(NC(CC(=O)O)c2ccc(NC(=O)c3c(Cl)cncc3Cl)cc2)CCC1=O. The standard InChI is InChI=1S/C22H21Cl2N3O4/c1-2-14-17(7-8-19(14)28)27-18(9-20(29)30)12-3-5-13(6-4-12)26-22(31)21-15(23)10-25-11-16(21)24/h3-6,10-11,18,27H,2,7-9H2,1H3,(H,26,31)(H,29,30). The van der Waals surface area contributed by atoms with Crippen LogP contribution >= 0.6 is 23.2 Å². The minimum Gasteiger partial charge on any atom is -0.481 e. The monoisotopic (exact) mass is 461 g/mol. The molecule has 1 aliphatic rings. The van der Waals surface area contributed by atoms with Gasteiger partial charge in [-0.05, 0) is 30.5 Å². The first-order valence-electron chi connectivity index (χ1n) is 9.74. The van der Waals surface area contributed by atoms with Gasteiger partial charge in [0.25, 0.3) is 5.91 Å². The van der Waals surface area contributed by atoms with Crippen LogP contribution in [0.1, 0.15) is 54.6 Å². The van der Waals surface area contributed by atoms with Gasteiger partial charge >= 0.3 is 5.97 Å². The first-order valence-corrected chi connectivity index (χ1v) is 10.5. The van der Waals surface area contributed by atoms with E-state index in [9.17, 15) is 19.5 Å². The van der Waals surface area contributed by atoms with E-state index in [0.717, 1.165) is 16.8 Å². The third-order valence-electron chi connectivity index (χ3n) is 5.04. The lowest BCUT2D eigenvalue weighted by atomic mass is 10.0. The number of rotatable bonds is 8. The van der Waals surface area contributed by atoms with Gasteiger partial charge in [0.15, 0.2) is 5.78 Å². The van der Waals surface area contributed by atoms with E-state index in [1.54, 1.807) is 24.3 Å². The molecule has 2 aromatic rings. The van der Waals surface area contributed by atoms with Crippen LogP contribution in [-0.2, 0) is 9.59 Å². The number of amides is 1. The zero-order valence-electron chi connectivity index (χ0n) is 16.7. The highest BCUT2D eigenvalue weighted by Gasteiger charge is 2.25. The van der Waals surface area contributed by atoms with Gasteiger partial charge < -0.3 is 15.7 Å². The number of hydrogen-bond donors (Lipinski definition) is 3. The molecule has 0 saturated carbocycles. The smallest absolute Gasteiger partial charge is 0.305 e. The number of anilines is 1. The molecule has 3 rings (SSSR count). The molecule has 1 aromatic carbocycles. The van der Waals surface area contributed by atoms with Gasteiger partial charge in [0.2, 0.25) is 0 Å². The zero-order valence-corrected chi connectivity index (χ0v) is 18.3. The Balaban J connectivity index is 1.78. The van der Waals surface area contributed by atoms with Crippen molar-refractivity contribution in [1.29, 1.82) is 0 Å². The fraction of sp³-hybridized carbons (Fsp3) is 0.273. The first kappa shape index (κ1) is 22.8. The van der Waals surface area contributed by atoms with Crippen LogP contribution in [0.2, 0.25) is 10.0 Å². The van der Waals surface area contributed by atoms with E-state index in [2.05, 4.69) is 15.6 Å². The van der Waals surface area contributed by atoms with Crippen LogP contribution in [0.15, 0.2) is 47.9 Å². The fourth-order valence-corrected chi connectivity index (χ4v) is 4.07. The molecule has 7 nitrogen and oxygen atoms in total. The summed E-state index contributed by atoms with van der Waals surface area (Å²) >= 11 is 12.0. The second kappa shape index (κ2) is 9.94. The molecular formula is C22H21Cl2N3O4. The molecule has 0 fully saturated rings. The van der Waals surface area contributed by atoms with E-state index < -0.39 is 17.9 Å². The number of carbonyl (C=O) groups excluding carboxylic acids is 2. The summed E-state index contributed by atoms with van der Waals surface area (Å²) in [5.74, 6) is -1.34. The van der Waals surface area contributed by atoms with E-state index in [0.29, 0.717) is 24.9 Å². The Kier molecular flexibility index (Phi) is 7.30. The normalized spacial score (nSPS) is 14.5. The summed E-state index contributed by atoms with van der Waals surface area (Å²) in [4.78, 5) is 39.7. The van der Waals surface area contributed by atoms with E-state index in [1.807, 2.05) is 6.92 Å². The molecule has 31 heavy (non-hydrogen) atoms. The highest BCUT2D eigenvalue weighted by atomic mass is 35.5. The van der Waals surface area contributed by atoms with Crippen molar-refractivity contribution in [2.24, 2.45) is 0 Å². The average molecular weight is 462 g/mol. The summed E-state index contributed by atoms with van der Waals surface area (Å²) in [6.07, 6.45) is 4.14. The molecule has 0 spiro atoms. The molecule has 1 unspecified atom stereocenters. The van der Waals surface area contributed by atoms with Crippen molar-refractivity contribution < 1.29 is 19.5 Å². The van der Waals surface area contributed by atoms with Crippen LogP contribution in [0, 0.1) is 0 Å². The Hall–Kier alpha value is -2.90. The van der Waals surface area contributed by atoms with Crippen LogP contribution in [0.4, 0.5) is 5.69 Å². The third-order valence-corrected chi connectivity index (χ3v) is 5.61. The largest absolute Gasteiger partial charge is 0.481 e. The lowest BCUT2D eigenvalue weighted by Gasteiger charge is -2.21. The molecule has 1 aromatic heterocycles. The number of halogens is 2. The number of carboxylic acids is 1. The van der Waals surface area contributed by atoms with E-state index in [4.69, 9.17) is 23.2 Å². The van der Waals surface area contributed by atoms with Crippen molar-refractivity contribution in [1.82, 2.24) is 10.3 Å². The number of Topliss-reactive ketones (excluding diaryl/α,β-unsaturated/α-hetero) is 1. The number of nitrogens with one attached hydrogen (secondary N) is 2. The fourth-order valence-electron chi connectivity index (χ4n) is 3.54. The third kappa shape index (κ3) is 5.42. The molecule has 0 radical (unpaired) electrons. The van der Waals surface area contributed by atoms with Crippen molar-refractivity contribution in [2.45, 2.75) is 38.6 Å². The summed E-state index contributed by atoms with van der Waals surface area (Å²) in [5.41, 5.74) is 2.88. The first-order chi connectivity index (χ1) is 14.8. The van der Waals surface area contributed by atoms with Crippen LogP contribution in [0.5, 0.6) is 0 Å². The van der Waals surface area contributed by atoms with Gasteiger partial charge in [-0.15, -0.1) is 0 Å². The number of benzene rings is 1. The quantitative estimate of drug-likeness (QED) is 0.522. The van der Waals surface area contributed by atoms with Gasteiger partial charge in [-0.3, -0.25) is 19.4 Å². The molecule has 0 saturated heterocycles. The van der Waals surface area contributed by atoms with Gasteiger partial charge in [0.1, 0.15) is 0 Å². The Morgan fingerprint density at radius 3 is 2.35 bits per heavy atom. The van der Waals surface area contributed by atoms with Crippen LogP contribution in [0.3, 0.4) is 0 Å². The lowest BCUT2D eigenvalue weighted by molar-refractivity contribution is -0.137. The second-order valence-corrected chi connectivity index (χ2v) is 7.90. The summed E-state index contributed by atoms with van der Waals surface area (Å²) in [6.45, 7) is 1.91. The molecule has 1 amide bonds. The van der Waals surface area contributed by atoms with Crippen molar-refractivity contribution in [3.63, 3.8) is 0 Å². The van der Waals surface area contributed by atoms with Gasteiger partial charge in [-0.1, -0.05) is 42.3 Å². The molecule has 1 heterocycles. The van der Waals surface area contributed by atoms with Crippen LogP contribution in [-0.4, -0.2) is 27.8 Å². The second-order valence-electron chi connectivity index (χ2n) is 7.08. The minimum absolute atomic E-state index is 0.102. The average Bonchev–Trinajstić information content (AvgIpc) is 3.06. The van der Waals surface area contributed by atoms with Gasteiger partial charge in [-0.25, -0.2) is 0 Å². The number of carbonyl (C=O) groups is 3. The summed E-state index contributed by atoms with van der Waals surface area (Å²) < 4.78 is 0. The molecule has 0 aliphatic heterocycles. The lowest BCUT2D eigenvalue weighted by Crippen LogP contribution is -2.24. The Labute approximate surface area is 189 Å². The van der Waals surface area contributed by atoms with Crippen molar-refractivity contribution in [2.75, 3.05) is 5.32 Å². The Morgan fingerprint density at radius 1 is 1.13 bits per heavy atom. The zero-order chi connectivity index (χ0) is 22.5. The summed E-state index contributed by atoms with van der Waals surface area (Å²) in [5, 5.41) is 15.6. The molecule has 1 atom stereocenters. The predicted octanol–water partition coefficient (Wildman–Crippen LogP) is 4.77. The number of pyridine rings is 1. The maximum atomic E-state index is 12.5. The van der Waals surface area contributed by atoms with Crippen molar-refractivity contribution in [3.05, 3.63) is 69.1 Å². The van der Waals surface area contributed by atoms with E-state index in [1.165, 1.54) is 12.4 Å². The van der Waals surface area contributed by atoms with Crippen LogP contribution < -0.4 is 10.6 Å². The topological polar surface area (TPSA) is 108 Å². The van der Waals surface area contributed by atoms with Gasteiger partial charge in [-0.2, -0.15) is 0 Å². The number of ketones is 1. The molecule has 0 bridgehead atoms. The highest BCUT2D eigenvalue weighted by molar-refractivity contribution is 6.40. The number of aromatic nitrogens is 1. The number of nitrogens with zero attached hydrogens (tertiary/aromatic N) is 1. The van der Waals surface area contributed by atoms with Crippen molar-refractivity contribution in [3.8, 4) is 0 Å². The predicted molar refractivity (Wildman–Crippen MR) is 118 cm³/mol. The molecule has 162 valence electrons. The summed E-state index contributed by atoms with van der Waals surface area (Å²) in [7, 11) is 0. The Morgan fingerprint density at radius 2 is 1.77 bits per heavy atom. The molecule has 1 aliphatic carbocycles. The van der Waals surface area contributed by atoms with Crippen LogP contribution in [0.25, 0.3) is 0 Å². The molecule has 9 heteroatoms. The highest BCUT2D eigenvalue weighted by Crippen LogP contribution is 2.29. The molecular weight excluding hydrogens is 441 g/mol. The summed E-state index contributed by atoms with van der Waals surface area (Å²) in [6, 6.07) is 6.29. The molecule has 3 N–H and O–H groups in total. The van der Waals surface area contributed by atoms with E-state index >= 15 is 0 Å². The number of aliphatic carboxylic acids is 1. The maximum absolute atomic E-state index is 12.5. The van der Waals surface area contributed by atoms with E-state index in [-0.39, 0.29) is 27.8 Å². The minimum atomic E-state index is -0.958. The van der Waals surface area contributed by atoms with Gasteiger partial charge in [0, 0.05) is 35.8 Å². The maximum Gasteiger partial charge on any atom is 0.305 e. The Bertz CT molecular complexity index is 1030. The van der Waals surface area contributed by atoms with Crippen molar-refractivity contribution >= 4 is 46.5 Å². The number of hydrogen-bond acceptors (Lipinski definition) is 5.